The third-order valence-electron chi connectivity index (χ3n) is 4.04. The maximum atomic E-state index is 13.1. The molecule has 0 saturated carbocycles. The SMILES string of the molecule is O=C(O)CCc1ccc(S(=O)(=O)N2CCCSc3ccccc32)cc1. The van der Waals surface area contributed by atoms with Crippen molar-refractivity contribution in [3.63, 3.8) is 0 Å². The highest BCUT2D eigenvalue weighted by atomic mass is 32.2. The van der Waals surface area contributed by atoms with Gasteiger partial charge in [-0.3, -0.25) is 9.10 Å². The van der Waals surface area contributed by atoms with E-state index in [2.05, 4.69) is 0 Å². The van der Waals surface area contributed by atoms with Crippen molar-refractivity contribution in [2.24, 2.45) is 0 Å². The van der Waals surface area contributed by atoms with Crippen LogP contribution in [-0.2, 0) is 21.2 Å². The topological polar surface area (TPSA) is 74.7 Å². The third kappa shape index (κ3) is 3.99. The summed E-state index contributed by atoms with van der Waals surface area (Å²) in [4.78, 5) is 11.9. The number of benzene rings is 2. The van der Waals surface area contributed by atoms with Gasteiger partial charge in [-0.1, -0.05) is 24.3 Å². The quantitative estimate of drug-likeness (QED) is 0.864. The Morgan fingerprint density at radius 3 is 2.56 bits per heavy atom. The highest BCUT2D eigenvalue weighted by Crippen LogP contribution is 2.36. The number of anilines is 1. The second-order valence-electron chi connectivity index (χ2n) is 5.78. The summed E-state index contributed by atoms with van der Waals surface area (Å²) in [6, 6.07) is 14.1. The Kier molecular flexibility index (Phi) is 5.34. The Bertz CT molecular complexity index is 863. The third-order valence-corrected chi connectivity index (χ3v) is 7.01. The molecule has 5 nitrogen and oxygen atoms in total. The van der Waals surface area contributed by atoms with Crippen molar-refractivity contribution in [3.8, 4) is 0 Å². The first-order valence-corrected chi connectivity index (χ1v) is 10.5. The first kappa shape index (κ1) is 17.8. The zero-order valence-corrected chi connectivity index (χ0v) is 15.2. The van der Waals surface area contributed by atoms with Crippen LogP contribution in [0.1, 0.15) is 18.4 Å². The number of hydrogen-bond donors (Lipinski definition) is 1. The molecule has 0 fully saturated rings. The molecule has 0 amide bonds. The molecule has 0 saturated heterocycles. The monoisotopic (exact) mass is 377 g/mol. The number of fused-ring (bicyclic) bond motifs is 1. The molecule has 1 aliphatic heterocycles. The first-order chi connectivity index (χ1) is 12.0. The second-order valence-corrected chi connectivity index (χ2v) is 8.78. The number of carbonyl (C=O) groups is 1. The average molecular weight is 377 g/mol. The van der Waals surface area contributed by atoms with Crippen molar-refractivity contribution in [3.05, 3.63) is 54.1 Å². The number of aliphatic carboxylic acids is 1. The standard InChI is InChI=1S/C18H19NO4S2/c20-18(21)11-8-14-6-9-15(10-7-14)25(22,23)19-12-3-13-24-17-5-2-1-4-16(17)19/h1-2,4-7,9-10H,3,8,11-13H2,(H,20,21). The molecular formula is C18H19NO4S2. The number of carboxylic acids is 1. The number of nitrogens with zero attached hydrogens (tertiary/aromatic N) is 1. The van der Waals surface area contributed by atoms with Crippen molar-refractivity contribution in [2.75, 3.05) is 16.6 Å². The predicted molar refractivity (Wildman–Crippen MR) is 98.7 cm³/mol. The van der Waals surface area contributed by atoms with E-state index in [4.69, 9.17) is 5.11 Å². The summed E-state index contributed by atoms with van der Waals surface area (Å²) < 4.78 is 27.7. The zero-order valence-electron chi connectivity index (χ0n) is 13.6. The molecule has 0 aromatic heterocycles. The minimum atomic E-state index is -3.64. The summed E-state index contributed by atoms with van der Waals surface area (Å²) in [5, 5.41) is 8.74. The second kappa shape index (κ2) is 7.49. The molecule has 0 radical (unpaired) electrons. The highest BCUT2D eigenvalue weighted by molar-refractivity contribution is 7.99. The fourth-order valence-electron chi connectivity index (χ4n) is 2.75. The van der Waals surface area contributed by atoms with E-state index >= 15 is 0 Å². The van der Waals surface area contributed by atoms with Gasteiger partial charge in [0.05, 0.1) is 10.6 Å². The minimum Gasteiger partial charge on any atom is -0.481 e. The Labute approximate surface area is 151 Å². The van der Waals surface area contributed by atoms with Gasteiger partial charge in [0.2, 0.25) is 0 Å². The van der Waals surface area contributed by atoms with E-state index < -0.39 is 16.0 Å². The Morgan fingerprint density at radius 2 is 1.84 bits per heavy atom. The van der Waals surface area contributed by atoms with Crippen LogP contribution in [0.4, 0.5) is 5.69 Å². The van der Waals surface area contributed by atoms with Gasteiger partial charge in [-0.2, -0.15) is 0 Å². The molecule has 132 valence electrons. The normalized spacial score (nSPS) is 14.6. The Balaban J connectivity index is 1.90. The molecule has 1 aliphatic rings. The number of rotatable bonds is 5. The minimum absolute atomic E-state index is 0.0306. The molecular weight excluding hydrogens is 358 g/mol. The average Bonchev–Trinajstić information content (AvgIpc) is 2.83. The van der Waals surface area contributed by atoms with E-state index in [1.807, 2.05) is 24.3 Å². The van der Waals surface area contributed by atoms with E-state index in [-0.39, 0.29) is 11.3 Å². The largest absolute Gasteiger partial charge is 0.481 e. The van der Waals surface area contributed by atoms with E-state index in [0.717, 1.165) is 28.3 Å². The summed E-state index contributed by atoms with van der Waals surface area (Å²) in [6.07, 6.45) is 1.21. The van der Waals surface area contributed by atoms with E-state index in [1.54, 1.807) is 36.0 Å². The summed E-state index contributed by atoms with van der Waals surface area (Å²) in [6.45, 7) is 0.452. The Hall–Kier alpha value is -1.99. The van der Waals surface area contributed by atoms with Gasteiger partial charge in [0.15, 0.2) is 0 Å². The van der Waals surface area contributed by atoms with Crippen molar-refractivity contribution in [2.45, 2.75) is 29.1 Å². The van der Waals surface area contributed by atoms with Crippen LogP contribution in [0.5, 0.6) is 0 Å². The number of thioether (sulfide) groups is 1. The predicted octanol–water partition coefficient (Wildman–Crippen LogP) is 3.39. The highest BCUT2D eigenvalue weighted by Gasteiger charge is 2.28. The molecule has 0 bridgehead atoms. The summed E-state index contributed by atoms with van der Waals surface area (Å²) in [5.41, 5.74) is 1.54. The zero-order chi connectivity index (χ0) is 17.9. The molecule has 3 rings (SSSR count). The molecule has 0 atom stereocenters. The van der Waals surface area contributed by atoms with Gasteiger partial charge < -0.3 is 5.11 Å². The van der Waals surface area contributed by atoms with Crippen LogP contribution < -0.4 is 4.31 Å². The first-order valence-electron chi connectivity index (χ1n) is 8.04. The van der Waals surface area contributed by atoms with Gasteiger partial charge in [-0.25, -0.2) is 8.42 Å². The fraction of sp³-hybridized carbons (Fsp3) is 0.278. The molecule has 2 aromatic rings. The number of para-hydroxylation sites is 1. The lowest BCUT2D eigenvalue weighted by atomic mass is 10.1. The van der Waals surface area contributed by atoms with Crippen LogP contribution in [0.25, 0.3) is 0 Å². The van der Waals surface area contributed by atoms with Gasteiger partial charge in [0.25, 0.3) is 10.0 Å². The van der Waals surface area contributed by atoms with Gasteiger partial charge in [0, 0.05) is 17.9 Å². The summed E-state index contributed by atoms with van der Waals surface area (Å²) in [5.74, 6) is 0.0207. The maximum Gasteiger partial charge on any atom is 0.303 e. The number of sulfonamides is 1. The van der Waals surface area contributed by atoms with Crippen molar-refractivity contribution in [1.82, 2.24) is 0 Å². The lowest BCUT2D eigenvalue weighted by Gasteiger charge is -2.24. The van der Waals surface area contributed by atoms with Crippen LogP contribution in [0.2, 0.25) is 0 Å². The van der Waals surface area contributed by atoms with Gasteiger partial charge >= 0.3 is 5.97 Å². The van der Waals surface area contributed by atoms with Gasteiger partial charge in [-0.15, -0.1) is 11.8 Å². The Morgan fingerprint density at radius 1 is 1.12 bits per heavy atom. The van der Waals surface area contributed by atoms with E-state index in [0.29, 0.717) is 13.0 Å². The molecule has 0 spiro atoms. The smallest absolute Gasteiger partial charge is 0.303 e. The molecule has 1 heterocycles. The van der Waals surface area contributed by atoms with Crippen LogP contribution in [0, 0.1) is 0 Å². The maximum absolute atomic E-state index is 13.1. The van der Waals surface area contributed by atoms with Crippen molar-refractivity contribution >= 4 is 33.4 Å². The van der Waals surface area contributed by atoms with Crippen LogP contribution in [0.3, 0.4) is 0 Å². The molecule has 0 aliphatic carbocycles. The molecule has 2 aromatic carbocycles. The summed E-state index contributed by atoms with van der Waals surface area (Å²) in [7, 11) is -3.64. The van der Waals surface area contributed by atoms with E-state index in [1.165, 1.54) is 4.31 Å². The lowest BCUT2D eigenvalue weighted by molar-refractivity contribution is -0.136. The number of aryl methyl sites for hydroxylation is 1. The van der Waals surface area contributed by atoms with Gasteiger partial charge in [0.1, 0.15) is 0 Å². The fourth-order valence-corrected chi connectivity index (χ4v) is 5.33. The molecule has 25 heavy (non-hydrogen) atoms. The van der Waals surface area contributed by atoms with Gasteiger partial charge in [-0.05, 0) is 48.4 Å². The van der Waals surface area contributed by atoms with Crippen molar-refractivity contribution in [1.29, 1.82) is 0 Å². The number of carboxylic acid groups (broad SMARTS) is 1. The van der Waals surface area contributed by atoms with Crippen LogP contribution >= 0.6 is 11.8 Å². The molecule has 7 heteroatoms. The molecule has 0 unspecified atom stereocenters. The van der Waals surface area contributed by atoms with E-state index in [9.17, 15) is 13.2 Å². The van der Waals surface area contributed by atoms with Crippen LogP contribution in [0.15, 0.2) is 58.3 Å². The molecule has 1 N–H and O–H groups in total. The van der Waals surface area contributed by atoms with Crippen molar-refractivity contribution < 1.29 is 18.3 Å². The summed E-state index contributed by atoms with van der Waals surface area (Å²) >= 11 is 1.67. The van der Waals surface area contributed by atoms with Crippen LogP contribution in [-0.4, -0.2) is 31.8 Å². The lowest BCUT2D eigenvalue weighted by Crippen LogP contribution is -2.31. The number of hydrogen-bond acceptors (Lipinski definition) is 4.